The summed E-state index contributed by atoms with van der Waals surface area (Å²) in [7, 11) is 1.61. The molecule has 2 rings (SSSR count). The molecular formula is C14H16N4O2S. The van der Waals surface area contributed by atoms with E-state index in [0.29, 0.717) is 17.4 Å². The molecule has 7 heteroatoms. The van der Waals surface area contributed by atoms with Gasteiger partial charge in [0.15, 0.2) is 5.82 Å². The molecule has 0 spiro atoms. The van der Waals surface area contributed by atoms with Crippen LogP contribution in [0.4, 0.5) is 5.82 Å². The summed E-state index contributed by atoms with van der Waals surface area (Å²) < 4.78 is 5.13. The minimum atomic E-state index is -0.0899. The molecule has 0 radical (unpaired) electrons. The molecule has 1 heterocycles. The number of aromatic nitrogens is 2. The van der Waals surface area contributed by atoms with Crippen molar-refractivity contribution in [2.75, 3.05) is 18.6 Å². The van der Waals surface area contributed by atoms with Crippen LogP contribution in [0.5, 0.6) is 5.75 Å². The number of methoxy groups -OCH3 is 1. The molecule has 0 atom stereocenters. The first-order valence-electron chi connectivity index (χ1n) is 6.28. The van der Waals surface area contributed by atoms with E-state index in [1.54, 1.807) is 13.3 Å². The predicted molar refractivity (Wildman–Crippen MR) is 82.0 cm³/mol. The van der Waals surface area contributed by atoms with E-state index < -0.39 is 0 Å². The Morgan fingerprint density at radius 1 is 1.38 bits per heavy atom. The lowest BCUT2D eigenvalue weighted by Crippen LogP contribution is -2.24. The molecule has 21 heavy (non-hydrogen) atoms. The van der Waals surface area contributed by atoms with Gasteiger partial charge in [0.25, 0.3) is 0 Å². The zero-order chi connectivity index (χ0) is 15.1. The Kier molecular flexibility index (Phi) is 5.39. The molecule has 1 aromatic heterocycles. The zero-order valence-electron chi connectivity index (χ0n) is 11.6. The topological polar surface area (TPSA) is 90.1 Å². The Morgan fingerprint density at radius 3 is 2.95 bits per heavy atom. The number of rotatable bonds is 6. The normalized spacial score (nSPS) is 10.1. The van der Waals surface area contributed by atoms with Gasteiger partial charge >= 0.3 is 0 Å². The third kappa shape index (κ3) is 4.64. The van der Waals surface area contributed by atoms with Crippen LogP contribution in [-0.4, -0.2) is 28.7 Å². The second kappa shape index (κ2) is 7.49. The monoisotopic (exact) mass is 304 g/mol. The van der Waals surface area contributed by atoms with Gasteiger partial charge in [0.2, 0.25) is 5.91 Å². The van der Waals surface area contributed by atoms with Crippen LogP contribution in [0, 0.1) is 0 Å². The third-order valence-corrected chi connectivity index (χ3v) is 3.65. The molecule has 0 saturated carbocycles. The van der Waals surface area contributed by atoms with Crippen LogP contribution < -0.4 is 15.8 Å². The van der Waals surface area contributed by atoms with Crippen molar-refractivity contribution >= 4 is 23.5 Å². The summed E-state index contributed by atoms with van der Waals surface area (Å²) in [6, 6.07) is 7.55. The Morgan fingerprint density at radius 2 is 2.19 bits per heavy atom. The number of hydrogen-bond acceptors (Lipinski definition) is 6. The second-order valence-corrected chi connectivity index (χ2v) is 5.13. The number of hydrogen-bond donors (Lipinski definition) is 2. The second-order valence-electron chi connectivity index (χ2n) is 4.16. The number of carbonyl (C=O) groups excluding carboxylic acids is 1. The number of nitrogens with zero attached hydrogens (tertiary/aromatic N) is 2. The van der Waals surface area contributed by atoms with Crippen molar-refractivity contribution in [2.45, 2.75) is 11.6 Å². The molecule has 1 aromatic carbocycles. The first-order chi connectivity index (χ1) is 10.2. The molecule has 0 fully saturated rings. The summed E-state index contributed by atoms with van der Waals surface area (Å²) in [5.41, 5.74) is 6.64. The molecule has 1 amide bonds. The van der Waals surface area contributed by atoms with E-state index in [9.17, 15) is 4.79 Å². The van der Waals surface area contributed by atoms with Gasteiger partial charge in [-0.05, 0) is 17.7 Å². The molecule has 0 bridgehead atoms. The molecule has 2 aromatic rings. The smallest absolute Gasteiger partial charge is 0.230 e. The van der Waals surface area contributed by atoms with Gasteiger partial charge in [0, 0.05) is 18.9 Å². The van der Waals surface area contributed by atoms with Crippen molar-refractivity contribution in [3.63, 3.8) is 0 Å². The number of ether oxygens (including phenoxy) is 1. The van der Waals surface area contributed by atoms with Gasteiger partial charge in [-0.15, -0.1) is 0 Å². The van der Waals surface area contributed by atoms with E-state index in [2.05, 4.69) is 15.3 Å². The van der Waals surface area contributed by atoms with Crippen molar-refractivity contribution in [1.82, 2.24) is 15.3 Å². The number of nitrogens with one attached hydrogen (secondary N) is 1. The van der Waals surface area contributed by atoms with E-state index in [-0.39, 0.29) is 11.7 Å². The minimum absolute atomic E-state index is 0.0899. The number of carbonyl (C=O) groups is 1. The summed E-state index contributed by atoms with van der Waals surface area (Å²) >= 11 is 1.26. The first-order valence-corrected chi connectivity index (χ1v) is 7.26. The van der Waals surface area contributed by atoms with Gasteiger partial charge in [0.1, 0.15) is 10.8 Å². The molecule has 0 aliphatic carbocycles. The number of benzene rings is 1. The molecule has 0 aliphatic rings. The fourth-order valence-corrected chi connectivity index (χ4v) is 2.32. The molecular weight excluding hydrogens is 288 g/mol. The van der Waals surface area contributed by atoms with Crippen LogP contribution >= 0.6 is 11.8 Å². The van der Waals surface area contributed by atoms with Crippen molar-refractivity contribution in [1.29, 1.82) is 0 Å². The lowest BCUT2D eigenvalue weighted by Gasteiger charge is -2.07. The van der Waals surface area contributed by atoms with Gasteiger partial charge in [0.05, 0.1) is 12.9 Å². The van der Waals surface area contributed by atoms with E-state index in [0.717, 1.165) is 11.3 Å². The summed E-state index contributed by atoms with van der Waals surface area (Å²) in [6.45, 7) is 0.451. The fourth-order valence-electron chi connectivity index (χ4n) is 1.62. The number of amides is 1. The fraction of sp³-hybridized carbons (Fsp3) is 0.214. The summed E-state index contributed by atoms with van der Waals surface area (Å²) in [5.74, 6) is 1.26. The number of thioether (sulfide) groups is 1. The maximum Gasteiger partial charge on any atom is 0.230 e. The van der Waals surface area contributed by atoms with Gasteiger partial charge in [-0.25, -0.2) is 9.97 Å². The van der Waals surface area contributed by atoms with Gasteiger partial charge in [-0.2, -0.15) is 0 Å². The minimum Gasteiger partial charge on any atom is -0.497 e. The van der Waals surface area contributed by atoms with Crippen LogP contribution in [0.15, 0.2) is 41.7 Å². The summed E-state index contributed by atoms with van der Waals surface area (Å²) in [5, 5.41) is 3.40. The average molecular weight is 304 g/mol. The molecule has 3 N–H and O–H groups in total. The predicted octanol–water partition coefficient (Wildman–Crippen LogP) is 1.48. The van der Waals surface area contributed by atoms with Crippen LogP contribution in [0.3, 0.4) is 0 Å². The van der Waals surface area contributed by atoms with Crippen molar-refractivity contribution in [3.8, 4) is 5.75 Å². The highest BCUT2D eigenvalue weighted by atomic mass is 32.2. The van der Waals surface area contributed by atoms with Crippen LogP contribution in [0.2, 0.25) is 0 Å². The van der Waals surface area contributed by atoms with Crippen molar-refractivity contribution < 1.29 is 9.53 Å². The number of nitrogen functional groups attached to an aromatic ring is 1. The molecule has 0 unspecified atom stereocenters. The highest BCUT2D eigenvalue weighted by molar-refractivity contribution is 8.00. The lowest BCUT2D eigenvalue weighted by atomic mass is 10.2. The summed E-state index contributed by atoms with van der Waals surface area (Å²) in [6.07, 6.45) is 3.06. The van der Waals surface area contributed by atoms with Crippen LogP contribution in [0.25, 0.3) is 0 Å². The van der Waals surface area contributed by atoms with E-state index >= 15 is 0 Å². The molecule has 0 aliphatic heterocycles. The lowest BCUT2D eigenvalue weighted by molar-refractivity contribution is -0.118. The Bertz CT molecular complexity index is 621. The maximum absolute atomic E-state index is 11.8. The number of nitrogens with two attached hydrogens (primary N) is 1. The maximum atomic E-state index is 11.8. The Labute approximate surface area is 127 Å². The van der Waals surface area contributed by atoms with Gasteiger partial charge in [-0.1, -0.05) is 23.9 Å². The highest BCUT2D eigenvalue weighted by Gasteiger charge is 2.07. The zero-order valence-corrected chi connectivity index (χ0v) is 12.4. The van der Waals surface area contributed by atoms with Crippen molar-refractivity contribution in [3.05, 3.63) is 42.2 Å². The standard InChI is InChI=1S/C14H16N4O2S/c1-20-11-4-2-3-10(7-11)8-18-12(19)9-21-14-13(15)16-5-6-17-14/h2-7H,8-9H2,1H3,(H2,15,16)(H,18,19). The van der Waals surface area contributed by atoms with Gasteiger partial charge < -0.3 is 15.8 Å². The molecule has 0 saturated heterocycles. The van der Waals surface area contributed by atoms with E-state index in [1.165, 1.54) is 18.0 Å². The van der Waals surface area contributed by atoms with Crippen LogP contribution in [0.1, 0.15) is 5.56 Å². The molecule has 110 valence electrons. The largest absolute Gasteiger partial charge is 0.497 e. The molecule has 6 nitrogen and oxygen atoms in total. The van der Waals surface area contributed by atoms with Crippen molar-refractivity contribution in [2.24, 2.45) is 0 Å². The quantitative estimate of drug-likeness (QED) is 0.786. The first kappa shape index (κ1) is 15.1. The van der Waals surface area contributed by atoms with Gasteiger partial charge in [-0.3, -0.25) is 4.79 Å². The Hall–Kier alpha value is -2.28. The average Bonchev–Trinajstić information content (AvgIpc) is 2.52. The van der Waals surface area contributed by atoms with E-state index in [4.69, 9.17) is 10.5 Å². The number of anilines is 1. The van der Waals surface area contributed by atoms with E-state index in [1.807, 2.05) is 24.3 Å². The highest BCUT2D eigenvalue weighted by Crippen LogP contribution is 2.19. The third-order valence-electron chi connectivity index (χ3n) is 2.66. The SMILES string of the molecule is COc1cccc(CNC(=O)CSc2nccnc2N)c1. The summed E-state index contributed by atoms with van der Waals surface area (Å²) in [4.78, 5) is 19.8. The Balaban J connectivity index is 1.81. The van der Waals surface area contributed by atoms with Crippen LogP contribution in [-0.2, 0) is 11.3 Å².